The Morgan fingerprint density at radius 3 is 1.87 bits per heavy atom. The molecule has 6 amide bonds. The minimum Gasteiger partial charge on any atom is -0.465 e. The van der Waals surface area contributed by atoms with Crippen molar-refractivity contribution in [3.63, 3.8) is 0 Å². The second-order valence-electron chi connectivity index (χ2n) is 20.9. The van der Waals surface area contributed by atoms with Crippen LogP contribution in [0.4, 0.5) is 9.59 Å². The normalized spacial score (nSPS) is 16.0. The number of pyridine rings is 2. The number of aromatic nitrogens is 2. The Morgan fingerprint density at radius 2 is 1.28 bits per heavy atom. The van der Waals surface area contributed by atoms with E-state index in [2.05, 4.69) is 31.2 Å². The molecule has 2 aromatic heterocycles. The Hall–Kier alpha value is -6.35. The van der Waals surface area contributed by atoms with Gasteiger partial charge in [0, 0.05) is 36.6 Å². The molecule has 1 aliphatic heterocycles. The van der Waals surface area contributed by atoms with Crippen LogP contribution in [0, 0.1) is 23.2 Å². The van der Waals surface area contributed by atoms with E-state index in [4.69, 9.17) is 0 Å². The first kappa shape index (κ1) is 51.6. The van der Waals surface area contributed by atoms with Crippen molar-refractivity contribution in [1.29, 1.82) is 0 Å². The second kappa shape index (κ2) is 22.0. The summed E-state index contributed by atoms with van der Waals surface area (Å²) < 4.78 is 0. The van der Waals surface area contributed by atoms with E-state index in [1.807, 2.05) is 119 Å². The zero-order valence-electron chi connectivity index (χ0n) is 40.7. The van der Waals surface area contributed by atoms with E-state index in [9.17, 15) is 34.2 Å². The van der Waals surface area contributed by atoms with Crippen LogP contribution < -0.4 is 21.3 Å². The zero-order valence-corrected chi connectivity index (χ0v) is 40.7. The predicted molar refractivity (Wildman–Crippen MR) is 259 cm³/mol. The van der Waals surface area contributed by atoms with Crippen molar-refractivity contribution in [2.75, 3.05) is 13.1 Å². The van der Waals surface area contributed by atoms with Crippen LogP contribution >= 0.6 is 0 Å². The lowest BCUT2D eigenvalue weighted by Gasteiger charge is -2.38. The molecule has 1 aliphatic rings. The maximum absolute atomic E-state index is 14.7. The average Bonchev–Trinajstić information content (AvgIpc) is 3.58. The Morgan fingerprint density at radius 1 is 0.672 bits per heavy atom. The first-order valence-electron chi connectivity index (χ1n) is 23.0. The van der Waals surface area contributed by atoms with Gasteiger partial charge in [-0.25, -0.2) is 9.59 Å². The molecule has 0 spiro atoms. The molecule has 67 heavy (non-hydrogen) atoms. The SMILES string of the molecule is Cc1cccc(CN2CCN([C@H](C(=O)N[C@@H](Cc3ccccc3)[C@@H](O)C[C@H](Cc3ccc(-c4ccccn4)cc3)NC(=O)[C@@H](NC(=O)C(NC(=O)O)C(C)(C)C)C(C)(C)C)C(C)(C)C)C2=O)n1. The van der Waals surface area contributed by atoms with Gasteiger partial charge in [-0.15, -0.1) is 0 Å². The van der Waals surface area contributed by atoms with Crippen molar-refractivity contribution in [1.82, 2.24) is 41.0 Å². The van der Waals surface area contributed by atoms with Gasteiger partial charge in [0.15, 0.2) is 0 Å². The van der Waals surface area contributed by atoms with Gasteiger partial charge in [0.05, 0.1) is 30.1 Å². The summed E-state index contributed by atoms with van der Waals surface area (Å²) in [6.45, 7) is 19.3. The van der Waals surface area contributed by atoms with E-state index >= 15 is 0 Å². The van der Waals surface area contributed by atoms with E-state index in [-0.39, 0.29) is 25.3 Å². The van der Waals surface area contributed by atoms with E-state index in [0.717, 1.165) is 33.8 Å². The van der Waals surface area contributed by atoms with Crippen molar-refractivity contribution in [3.05, 3.63) is 120 Å². The first-order valence-corrected chi connectivity index (χ1v) is 23.0. The number of aliphatic hydroxyl groups excluding tert-OH is 1. The van der Waals surface area contributed by atoms with Crippen LogP contribution in [0.3, 0.4) is 0 Å². The monoisotopic (exact) mass is 919 g/mol. The number of benzene rings is 2. The number of nitrogens with zero attached hydrogens (tertiary/aromatic N) is 4. The van der Waals surface area contributed by atoms with E-state index < -0.39 is 76.4 Å². The van der Waals surface area contributed by atoms with Crippen LogP contribution in [0.1, 0.15) is 91.2 Å². The van der Waals surface area contributed by atoms with Gasteiger partial charge < -0.3 is 41.3 Å². The predicted octanol–water partition coefficient (Wildman–Crippen LogP) is 6.52. The third-order valence-corrected chi connectivity index (χ3v) is 12.0. The third-order valence-electron chi connectivity index (χ3n) is 12.0. The summed E-state index contributed by atoms with van der Waals surface area (Å²) in [4.78, 5) is 81.2. The van der Waals surface area contributed by atoms with Crippen LogP contribution in [0.2, 0.25) is 0 Å². The molecule has 1 fully saturated rings. The van der Waals surface area contributed by atoms with Crippen molar-refractivity contribution in [3.8, 4) is 11.3 Å². The van der Waals surface area contributed by atoms with Gasteiger partial charge in [0.25, 0.3) is 0 Å². The highest BCUT2D eigenvalue weighted by Crippen LogP contribution is 2.30. The van der Waals surface area contributed by atoms with Crippen molar-refractivity contribution >= 4 is 29.8 Å². The number of rotatable bonds is 18. The van der Waals surface area contributed by atoms with Gasteiger partial charge in [-0.2, -0.15) is 0 Å². The summed E-state index contributed by atoms with van der Waals surface area (Å²) >= 11 is 0. The fraction of sp³-hybridized carbons (Fsp3) is 0.481. The number of aryl methyl sites for hydroxylation is 1. The number of hydrogen-bond acceptors (Lipinski definition) is 8. The summed E-state index contributed by atoms with van der Waals surface area (Å²) in [5.41, 5.74) is 2.65. The molecular formula is C52H70N8O7. The van der Waals surface area contributed by atoms with E-state index in [1.165, 1.54) is 0 Å². The van der Waals surface area contributed by atoms with Gasteiger partial charge in [-0.1, -0.05) is 129 Å². The van der Waals surface area contributed by atoms with Gasteiger partial charge in [0.2, 0.25) is 17.7 Å². The summed E-state index contributed by atoms with van der Waals surface area (Å²) in [6, 6.07) is 23.6. The molecule has 5 rings (SSSR count). The molecule has 4 aromatic rings. The Balaban J connectivity index is 1.45. The molecule has 15 heteroatoms. The highest BCUT2D eigenvalue weighted by molar-refractivity contribution is 5.92. The maximum Gasteiger partial charge on any atom is 0.405 e. The van der Waals surface area contributed by atoms with E-state index in [1.54, 1.807) is 57.5 Å². The minimum absolute atomic E-state index is 0.0123. The molecule has 0 radical (unpaired) electrons. The van der Waals surface area contributed by atoms with Crippen molar-refractivity contribution in [2.24, 2.45) is 16.2 Å². The molecule has 1 saturated heterocycles. The summed E-state index contributed by atoms with van der Waals surface area (Å²) in [5, 5.41) is 33.4. The standard InChI is InChI=1S/C52H70N8O7/c1-33-17-16-20-37(54-33)32-59-27-28-60(49(59)67)44(52(8,9)10)47(64)56-40(30-34-18-12-11-13-19-34)41(61)31-38(29-35-22-24-36(25-23-35)39-21-14-15-26-53-39)55-45(62)42(50(2,3)4)57-46(63)43(51(5,6)7)58-48(65)66/h11-26,38,40-44,58,61H,27-32H2,1-10H3,(H,55,62)(H,56,64)(H,57,63)(H,65,66)/t38-,40-,41-,42+,43?,44+/m0/s1. The minimum atomic E-state index is -1.37. The number of nitrogens with one attached hydrogen (secondary N) is 4. The summed E-state index contributed by atoms with van der Waals surface area (Å²) in [7, 11) is 0. The Bertz CT molecular complexity index is 2310. The summed E-state index contributed by atoms with van der Waals surface area (Å²) in [5.74, 6) is -1.60. The van der Waals surface area contributed by atoms with Crippen LogP contribution in [0.5, 0.6) is 0 Å². The molecular weight excluding hydrogens is 849 g/mol. The largest absolute Gasteiger partial charge is 0.465 e. The molecule has 0 bridgehead atoms. The molecule has 6 atom stereocenters. The summed E-state index contributed by atoms with van der Waals surface area (Å²) in [6.07, 6.45) is -0.361. The van der Waals surface area contributed by atoms with Gasteiger partial charge in [0.1, 0.15) is 18.1 Å². The molecule has 2 aromatic carbocycles. The number of carbonyl (C=O) groups is 5. The van der Waals surface area contributed by atoms with Gasteiger partial charge >= 0.3 is 12.1 Å². The molecule has 1 unspecified atom stereocenters. The molecule has 0 aliphatic carbocycles. The lowest BCUT2D eigenvalue weighted by atomic mass is 9.83. The molecule has 360 valence electrons. The molecule has 6 N–H and O–H groups in total. The number of hydrogen-bond donors (Lipinski definition) is 6. The number of aliphatic hydroxyl groups is 1. The average molecular weight is 919 g/mol. The Labute approximate surface area is 395 Å². The number of carboxylic acid groups (broad SMARTS) is 1. The van der Waals surface area contributed by atoms with Crippen LogP contribution in [-0.2, 0) is 33.8 Å². The number of urea groups is 1. The fourth-order valence-electron chi connectivity index (χ4n) is 8.55. The zero-order chi connectivity index (χ0) is 49.3. The highest BCUT2D eigenvalue weighted by atomic mass is 16.4. The molecule has 15 nitrogen and oxygen atoms in total. The second-order valence-corrected chi connectivity index (χ2v) is 20.9. The fourth-order valence-corrected chi connectivity index (χ4v) is 8.55. The molecule has 0 saturated carbocycles. The van der Waals surface area contributed by atoms with Gasteiger partial charge in [-0.05, 0) is 77.8 Å². The van der Waals surface area contributed by atoms with Crippen molar-refractivity contribution < 1.29 is 34.2 Å². The van der Waals surface area contributed by atoms with Crippen LogP contribution in [0.25, 0.3) is 11.3 Å². The smallest absolute Gasteiger partial charge is 0.405 e. The van der Waals surface area contributed by atoms with Crippen LogP contribution in [-0.4, -0.2) is 109 Å². The third kappa shape index (κ3) is 14.6. The Kier molecular flexibility index (Phi) is 16.9. The highest BCUT2D eigenvalue weighted by Gasteiger charge is 2.45. The van der Waals surface area contributed by atoms with Crippen molar-refractivity contribution in [2.45, 2.75) is 131 Å². The van der Waals surface area contributed by atoms with Crippen LogP contribution in [0.15, 0.2) is 97.2 Å². The van der Waals surface area contributed by atoms with E-state index in [0.29, 0.717) is 19.6 Å². The number of carbonyl (C=O) groups excluding carboxylic acids is 4. The molecule has 3 heterocycles. The van der Waals surface area contributed by atoms with Gasteiger partial charge in [-0.3, -0.25) is 24.4 Å². The quantitative estimate of drug-likeness (QED) is 0.0642. The maximum atomic E-state index is 14.7. The number of amides is 6. The lowest BCUT2D eigenvalue weighted by molar-refractivity contribution is -0.134. The lowest BCUT2D eigenvalue weighted by Crippen LogP contribution is -2.61. The first-order chi connectivity index (χ1) is 31.4. The topological polar surface area (TPSA) is 206 Å².